The summed E-state index contributed by atoms with van der Waals surface area (Å²) in [7, 11) is 0. The molecule has 1 aliphatic heterocycles. The fraction of sp³-hybridized carbons (Fsp3) is 0.233. The van der Waals surface area contributed by atoms with Crippen molar-refractivity contribution in [2.24, 2.45) is 4.99 Å². The van der Waals surface area contributed by atoms with Crippen LogP contribution in [0.2, 0.25) is 5.02 Å². The zero-order chi connectivity index (χ0) is 29.8. The summed E-state index contributed by atoms with van der Waals surface area (Å²) >= 11 is 6.17. The van der Waals surface area contributed by atoms with Gasteiger partial charge < -0.3 is 25.6 Å². The number of aliphatic imine (C=N–C) groups is 1. The zero-order valence-electron chi connectivity index (χ0n) is 23.0. The Morgan fingerprint density at radius 2 is 1.83 bits per heavy atom. The first-order valence-corrected chi connectivity index (χ1v) is 13.7. The van der Waals surface area contributed by atoms with Crippen LogP contribution in [-0.2, 0) is 4.79 Å². The van der Waals surface area contributed by atoms with Gasteiger partial charge in [0.15, 0.2) is 17.3 Å². The highest BCUT2D eigenvalue weighted by Gasteiger charge is 2.30. The second-order valence-electron chi connectivity index (χ2n) is 9.56. The van der Waals surface area contributed by atoms with Crippen LogP contribution in [0.3, 0.4) is 0 Å². The molecule has 216 valence electrons. The zero-order valence-corrected chi connectivity index (χ0v) is 23.7. The summed E-state index contributed by atoms with van der Waals surface area (Å²) < 4.78 is 7.87. The monoisotopic (exact) mass is 588 g/mol. The van der Waals surface area contributed by atoms with Crippen LogP contribution in [0, 0.1) is 6.92 Å². The number of ether oxygens (including phenoxy) is 1. The number of phenolic OH excluding ortho intramolecular Hbond substituents is 2. The Hall–Kier alpha value is -4.90. The van der Waals surface area contributed by atoms with Crippen LogP contribution in [0.1, 0.15) is 52.5 Å². The molecule has 1 atom stereocenters. The van der Waals surface area contributed by atoms with Crippen LogP contribution >= 0.6 is 11.6 Å². The van der Waals surface area contributed by atoms with Gasteiger partial charge in [-0.25, -0.2) is 0 Å². The van der Waals surface area contributed by atoms with Gasteiger partial charge in [0, 0.05) is 22.7 Å². The summed E-state index contributed by atoms with van der Waals surface area (Å²) in [6.07, 6.45) is 0.0921. The Morgan fingerprint density at radius 1 is 1.05 bits per heavy atom. The molecule has 3 aromatic carbocycles. The maximum absolute atomic E-state index is 12.6. The molecule has 2 heterocycles. The lowest BCUT2D eigenvalue weighted by atomic mass is 10.00. The number of halogens is 1. The quantitative estimate of drug-likeness (QED) is 0.171. The molecule has 1 aromatic heterocycles. The van der Waals surface area contributed by atoms with Crippen molar-refractivity contribution in [3.63, 3.8) is 0 Å². The van der Waals surface area contributed by atoms with E-state index in [9.17, 15) is 19.8 Å². The molecule has 0 fully saturated rings. The van der Waals surface area contributed by atoms with Crippen molar-refractivity contribution in [1.82, 2.24) is 25.4 Å². The number of rotatable bonds is 9. The SMILES string of the molecule is CCNC(=O)CC1N=C(c2ccc(Cl)cc2)c2cc(OCCNC(=O)c3cccc(O)c3O)ccc2-n2c(C)nnc21. The summed E-state index contributed by atoms with van der Waals surface area (Å²) in [5.74, 6) is 0.178. The predicted molar refractivity (Wildman–Crippen MR) is 157 cm³/mol. The number of hydrogen-bond donors (Lipinski definition) is 4. The third kappa shape index (κ3) is 5.91. The van der Waals surface area contributed by atoms with Gasteiger partial charge >= 0.3 is 0 Å². The number of nitrogens with zero attached hydrogens (tertiary/aromatic N) is 4. The number of nitrogens with one attached hydrogen (secondary N) is 2. The van der Waals surface area contributed by atoms with Gasteiger partial charge in [-0.05, 0) is 56.3 Å². The van der Waals surface area contributed by atoms with Gasteiger partial charge in [0.1, 0.15) is 24.2 Å². The van der Waals surface area contributed by atoms with E-state index in [0.717, 1.165) is 16.8 Å². The average Bonchev–Trinajstić information content (AvgIpc) is 3.30. The molecule has 5 rings (SSSR count). The molecule has 11 nitrogen and oxygen atoms in total. The molecular weight excluding hydrogens is 560 g/mol. The Morgan fingerprint density at radius 3 is 2.60 bits per heavy atom. The minimum absolute atomic E-state index is 0.0360. The lowest BCUT2D eigenvalue weighted by Crippen LogP contribution is -2.28. The summed E-state index contributed by atoms with van der Waals surface area (Å²) in [6, 6.07) is 16.4. The number of aromatic nitrogens is 3. The third-order valence-electron chi connectivity index (χ3n) is 6.68. The number of amides is 2. The molecule has 0 bridgehead atoms. The van der Waals surface area contributed by atoms with Gasteiger partial charge in [-0.1, -0.05) is 29.8 Å². The van der Waals surface area contributed by atoms with E-state index >= 15 is 0 Å². The maximum Gasteiger partial charge on any atom is 0.255 e. The molecule has 0 saturated heterocycles. The van der Waals surface area contributed by atoms with Gasteiger partial charge in [-0.3, -0.25) is 19.1 Å². The fourth-order valence-corrected chi connectivity index (χ4v) is 4.85. The van der Waals surface area contributed by atoms with Crippen molar-refractivity contribution in [1.29, 1.82) is 0 Å². The molecule has 42 heavy (non-hydrogen) atoms. The number of aromatic hydroxyl groups is 2. The third-order valence-corrected chi connectivity index (χ3v) is 6.93. The Labute approximate surface area is 246 Å². The van der Waals surface area contributed by atoms with Crippen molar-refractivity contribution in [2.45, 2.75) is 26.3 Å². The molecule has 2 amide bonds. The van der Waals surface area contributed by atoms with Gasteiger partial charge in [-0.15, -0.1) is 10.2 Å². The lowest BCUT2D eigenvalue weighted by Gasteiger charge is -2.15. The van der Waals surface area contributed by atoms with E-state index in [0.29, 0.717) is 34.7 Å². The summed E-state index contributed by atoms with van der Waals surface area (Å²) in [5.41, 5.74) is 2.92. The van der Waals surface area contributed by atoms with Crippen molar-refractivity contribution in [2.75, 3.05) is 19.7 Å². The highest BCUT2D eigenvalue weighted by Crippen LogP contribution is 2.34. The molecule has 0 saturated carbocycles. The second-order valence-corrected chi connectivity index (χ2v) is 9.99. The van der Waals surface area contributed by atoms with E-state index in [1.54, 1.807) is 18.2 Å². The van der Waals surface area contributed by atoms with E-state index in [4.69, 9.17) is 21.3 Å². The number of hydrogen-bond acceptors (Lipinski definition) is 8. The molecule has 1 aliphatic rings. The van der Waals surface area contributed by atoms with E-state index in [1.807, 2.05) is 42.7 Å². The van der Waals surface area contributed by atoms with Crippen LogP contribution in [0.25, 0.3) is 5.69 Å². The average molecular weight is 589 g/mol. The van der Waals surface area contributed by atoms with Crippen molar-refractivity contribution < 1.29 is 24.5 Å². The Bertz CT molecular complexity index is 1670. The minimum Gasteiger partial charge on any atom is -0.504 e. The van der Waals surface area contributed by atoms with Crippen molar-refractivity contribution in [3.05, 3.63) is 94.0 Å². The largest absolute Gasteiger partial charge is 0.504 e. The minimum atomic E-state index is -0.593. The van der Waals surface area contributed by atoms with Crippen LogP contribution in [0.15, 0.2) is 65.7 Å². The van der Waals surface area contributed by atoms with Crippen LogP contribution < -0.4 is 15.4 Å². The molecular formula is C30H29ClN6O5. The predicted octanol–water partition coefficient (Wildman–Crippen LogP) is 3.87. The highest BCUT2D eigenvalue weighted by atomic mass is 35.5. The van der Waals surface area contributed by atoms with E-state index in [2.05, 4.69) is 20.8 Å². The number of benzene rings is 3. The number of carbonyl (C=O) groups excluding carboxylic acids is 2. The van der Waals surface area contributed by atoms with Crippen LogP contribution in [-0.4, -0.2) is 62.2 Å². The number of carbonyl (C=O) groups is 2. The normalized spacial score (nSPS) is 13.8. The lowest BCUT2D eigenvalue weighted by molar-refractivity contribution is -0.121. The molecule has 0 radical (unpaired) electrons. The van der Waals surface area contributed by atoms with Crippen molar-refractivity contribution >= 4 is 29.1 Å². The molecule has 0 spiro atoms. The standard InChI is InChI=1S/C30H29ClN6O5/c1-3-32-26(39)16-23-29-36-35-17(2)37(29)24-12-11-20(15-22(24)27(34-23)18-7-9-19(31)10-8-18)42-14-13-33-30(41)21-5-4-6-25(38)28(21)40/h4-12,15,23,38,40H,3,13-14,16H2,1-2H3,(H,32,39)(H,33,41). The Kier molecular flexibility index (Phi) is 8.39. The van der Waals surface area contributed by atoms with Gasteiger partial charge in [0.25, 0.3) is 5.91 Å². The summed E-state index contributed by atoms with van der Waals surface area (Å²) in [6.45, 7) is 4.48. The van der Waals surface area contributed by atoms with Crippen LogP contribution in [0.5, 0.6) is 17.2 Å². The fourth-order valence-electron chi connectivity index (χ4n) is 4.73. The first-order chi connectivity index (χ1) is 20.3. The first kappa shape index (κ1) is 28.6. The molecule has 1 unspecified atom stereocenters. The molecule has 4 aromatic rings. The number of fused-ring (bicyclic) bond motifs is 3. The van der Waals surface area contributed by atoms with Crippen molar-refractivity contribution in [3.8, 4) is 22.9 Å². The topological polar surface area (TPSA) is 151 Å². The van der Waals surface area contributed by atoms with Gasteiger partial charge in [0.2, 0.25) is 5.91 Å². The summed E-state index contributed by atoms with van der Waals surface area (Å²) in [5, 5.41) is 34.4. The summed E-state index contributed by atoms with van der Waals surface area (Å²) in [4.78, 5) is 30.1. The van der Waals surface area contributed by atoms with Gasteiger partial charge in [0.05, 0.1) is 29.9 Å². The van der Waals surface area contributed by atoms with Gasteiger partial charge in [-0.2, -0.15) is 0 Å². The maximum atomic E-state index is 12.6. The van der Waals surface area contributed by atoms with E-state index in [1.165, 1.54) is 18.2 Å². The van der Waals surface area contributed by atoms with E-state index in [-0.39, 0.29) is 36.8 Å². The number of aryl methyl sites for hydroxylation is 1. The number of phenols is 2. The highest BCUT2D eigenvalue weighted by molar-refractivity contribution is 6.30. The van der Waals surface area contributed by atoms with E-state index < -0.39 is 17.7 Å². The Balaban J connectivity index is 1.45. The molecule has 0 aliphatic carbocycles. The second kappa shape index (κ2) is 12.3. The van der Waals surface area contributed by atoms with Crippen LogP contribution in [0.4, 0.5) is 0 Å². The first-order valence-electron chi connectivity index (χ1n) is 13.4. The molecule has 4 N–H and O–H groups in total. The smallest absolute Gasteiger partial charge is 0.255 e. The molecule has 12 heteroatoms. The number of para-hydroxylation sites is 1.